The minimum atomic E-state index is 0.209. The highest BCUT2D eigenvalue weighted by Crippen LogP contribution is 2.26. The zero-order chi connectivity index (χ0) is 14.1. The van der Waals surface area contributed by atoms with Crippen LogP contribution in [0.2, 0.25) is 0 Å². The molecule has 0 saturated heterocycles. The molecule has 0 unspecified atom stereocenters. The fraction of sp³-hybridized carbons (Fsp3) is 0.0667. The molecule has 0 amide bonds. The van der Waals surface area contributed by atoms with Gasteiger partial charge in [-0.25, -0.2) is 0 Å². The van der Waals surface area contributed by atoms with E-state index in [9.17, 15) is 5.11 Å². The van der Waals surface area contributed by atoms with Gasteiger partial charge < -0.3 is 9.63 Å². The highest BCUT2D eigenvalue weighted by Gasteiger charge is 2.11. The molecule has 0 fully saturated rings. The zero-order valence-corrected chi connectivity index (χ0v) is 12.3. The van der Waals surface area contributed by atoms with Crippen LogP contribution in [0.15, 0.2) is 51.5 Å². The summed E-state index contributed by atoms with van der Waals surface area (Å²) in [6, 6.07) is 12.5. The van der Waals surface area contributed by atoms with Crippen molar-refractivity contribution in [1.82, 2.24) is 10.1 Å². The van der Waals surface area contributed by atoms with Crippen molar-refractivity contribution in [2.75, 3.05) is 0 Å². The van der Waals surface area contributed by atoms with Crippen molar-refractivity contribution in [3.63, 3.8) is 0 Å². The van der Waals surface area contributed by atoms with Crippen LogP contribution in [-0.2, 0) is 0 Å². The Labute approximate surface area is 124 Å². The van der Waals surface area contributed by atoms with Crippen LogP contribution < -0.4 is 0 Å². The average molecular weight is 331 g/mol. The van der Waals surface area contributed by atoms with Crippen LogP contribution in [0.1, 0.15) is 5.56 Å². The minimum Gasteiger partial charge on any atom is -0.508 e. The monoisotopic (exact) mass is 330 g/mol. The largest absolute Gasteiger partial charge is 0.508 e. The molecule has 0 radical (unpaired) electrons. The van der Waals surface area contributed by atoms with E-state index >= 15 is 0 Å². The lowest BCUT2D eigenvalue weighted by Gasteiger charge is -1.99. The summed E-state index contributed by atoms with van der Waals surface area (Å²) in [6.07, 6.45) is 0. The second-order valence-electron chi connectivity index (χ2n) is 4.43. The van der Waals surface area contributed by atoms with Crippen molar-refractivity contribution in [2.24, 2.45) is 0 Å². The van der Waals surface area contributed by atoms with Gasteiger partial charge in [-0.1, -0.05) is 21.1 Å². The first-order valence-electron chi connectivity index (χ1n) is 6.03. The molecule has 0 atom stereocenters. The summed E-state index contributed by atoms with van der Waals surface area (Å²) in [5.74, 6) is 1.19. The maximum absolute atomic E-state index is 9.27. The molecule has 100 valence electrons. The summed E-state index contributed by atoms with van der Waals surface area (Å²) in [5, 5.41) is 13.2. The van der Waals surface area contributed by atoms with Crippen LogP contribution in [0.5, 0.6) is 5.75 Å². The van der Waals surface area contributed by atoms with E-state index in [-0.39, 0.29) is 5.75 Å². The molecule has 0 aliphatic heterocycles. The quantitative estimate of drug-likeness (QED) is 0.765. The second kappa shape index (κ2) is 5.09. The first-order chi connectivity index (χ1) is 9.63. The van der Waals surface area contributed by atoms with Crippen molar-refractivity contribution in [3.05, 3.63) is 52.5 Å². The van der Waals surface area contributed by atoms with Gasteiger partial charge in [0.05, 0.1) is 0 Å². The van der Waals surface area contributed by atoms with Gasteiger partial charge in [0.15, 0.2) is 0 Å². The van der Waals surface area contributed by atoms with E-state index in [1.807, 2.05) is 25.1 Å². The normalized spacial score (nSPS) is 10.7. The lowest BCUT2D eigenvalue weighted by molar-refractivity contribution is 0.432. The third kappa shape index (κ3) is 2.44. The van der Waals surface area contributed by atoms with Crippen LogP contribution >= 0.6 is 15.9 Å². The van der Waals surface area contributed by atoms with Gasteiger partial charge in [-0.2, -0.15) is 4.98 Å². The maximum Gasteiger partial charge on any atom is 0.258 e. The Bertz CT molecular complexity index is 751. The number of aryl methyl sites for hydroxylation is 1. The molecule has 0 spiro atoms. The molecule has 2 aromatic carbocycles. The number of hydrogen-bond donors (Lipinski definition) is 1. The minimum absolute atomic E-state index is 0.209. The van der Waals surface area contributed by atoms with Crippen molar-refractivity contribution in [3.8, 4) is 28.6 Å². The number of benzene rings is 2. The number of halogens is 1. The third-order valence-electron chi connectivity index (χ3n) is 2.96. The fourth-order valence-corrected chi connectivity index (χ4v) is 2.09. The lowest BCUT2D eigenvalue weighted by atomic mass is 10.1. The molecule has 1 heterocycles. The van der Waals surface area contributed by atoms with Crippen molar-refractivity contribution in [1.29, 1.82) is 0 Å². The van der Waals surface area contributed by atoms with E-state index in [1.165, 1.54) is 0 Å². The van der Waals surface area contributed by atoms with Gasteiger partial charge in [0.25, 0.3) is 5.89 Å². The van der Waals surface area contributed by atoms with Gasteiger partial charge in [-0.05, 0) is 55.0 Å². The van der Waals surface area contributed by atoms with Crippen LogP contribution in [0.3, 0.4) is 0 Å². The molecule has 0 aliphatic carbocycles. The molecule has 0 aliphatic rings. The Hall–Kier alpha value is -2.14. The molecule has 3 aromatic rings. The van der Waals surface area contributed by atoms with E-state index in [0.717, 1.165) is 21.2 Å². The summed E-state index contributed by atoms with van der Waals surface area (Å²) < 4.78 is 6.33. The Balaban J connectivity index is 1.97. The molecule has 4 nitrogen and oxygen atoms in total. The molecule has 0 bridgehead atoms. The van der Waals surface area contributed by atoms with Gasteiger partial charge in [-0.3, -0.25) is 0 Å². The molecule has 3 rings (SSSR count). The van der Waals surface area contributed by atoms with Gasteiger partial charge in [0.1, 0.15) is 5.75 Å². The summed E-state index contributed by atoms with van der Waals surface area (Å²) in [5.41, 5.74) is 2.78. The van der Waals surface area contributed by atoms with Crippen molar-refractivity contribution >= 4 is 15.9 Å². The summed E-state index contributed by atoms with van der Waals surface area (Å²) in [7, 11) is 0. The predicted molar refractivity (Wildman–Crippen MR) is 79.3 cm³/mol. The van der Waals surface area contributed by atoms with Gasteiger partial charge >= 0.3 is 0 Å². The standard InChI is InChI=1S/C15H11BrN2O2/c1-9-8-11(4-7-13(9)16)15-17-14(18-20-15)10-2-5-12(19)6-3-10/h2-8,19H,1H3. The first-order valence-corrected chi connectivity index (χ1v) is 6.82. The van der Waals surface area contributed by atoms with Crippen LogP contribution in [0.4, 0.5) is 0 Å². The smallest absolute Gasteiger partial charge is 0.258 e. The van der Waals surface area contributed by atoms with Crippen LogP contribution in [0.25, 0.3) is 22.8 Å². The van der Waals surface area contributed by atoms with Gasteiger partial charge in [0.2, 0.25) is 5.82 Å². The molecule has 0 saturated carbocycles. The first kappa shape index (κ1) is 12.9. The molecule has 1 aromatic heterocycles. The predicted octanol–water partition coefficient (Wildman–Crippen LogP) is 4.18. The van der Waals surface area contributed by atoms with Crippen LogP contribution in [-0.4, -0.2) is 15.2 Å². The number of nitrogens with zero attached hydrogens (tertiary/aromatic N) is 2. The molecule has 20 heavy (non-hydrogen) atoms. The van der Waals surface area contributed by atoms with E-state index in [1.54, 1.807) is 24.3 Å². The summed E-state index contributed by atoms with van der Waals surface area (Å²) >= 11 is 3.46. The Morgan fingerprint density at radius 3 is 2.45 bits per heavy atom. The Kier molecular flexibility index (Phi) is 3.28. The number of aromatic hydroxyl groups is 1. The number of phenolic OH excluding ortho intramolecular Hbond substituents is 1. The van der Waals surface area contributed by atoms with Crippen molar-refractivity contribution < 1.29 is 9.63 Å². The fourth-order valence-electron chi connectivity index (χ4n) is 1.85. The Morgan fingerprint density at radius 1 is 1.05 bits per heavy atom. The second-order valence-corrected chi connectivity index (χ2v) is 5.29. The highest BCUT2D eigenvalue weighted by atomic mass is 79.9. The van der Waals surface area contributed by atoms with Gasteiger partial charge in [-0.15, -0.1) is 0 Å². The number of phenols is 1. The lowest BCUT2D eigenvalue weighted by Crippen LogP contribution is -1.82. The zero-order valence-electron chi connectivity index (χ0n) is 10.7. The van der Waals surface area contributed by atoms with E-state index in [0.29, 0.717) is 11.7 Å². The molecule has 5 heteroatoms. The maximum atomic E-state index is 9.27. The molecular weight excluding hydrogens is 320 g/mol. The van der Waals surface area contributed by atoms with Gasteiger partial charge in [0, 0.05) is 15.6 Å². The topological polar surface area (TPSA) is 59.2 Å². The van der Waals surface area contributed by atoms with Crippen molar-refractivity contribution in [2.45, 2.75) is 6.92 Å². The van der Waals surface area contributed by atoms with E-state index in [4.69, 9.17) is 4.52 Å². The van der Waals surface area contributed by atoms with E-state index < -0.39 is 0 Å². The Morgan fingerprint density at radius 2 is 1.75 bits per heavy atom. The number of rotatable bonds is 2. The number of hydrogen-bond acceptors (Lipinski definition) is 4. The SMILES string of the molecule is Cc1cc(-c2nc(-c3ccc(O)cc3)no2)ccc1Br. The van der Waals surface area contributed by atoms with Crippen LogP contribution in [0, 0.1) is 6.92 Å². The highest BCUT2D eigenvalue weighted by molar-refractivity contribution is 9.10. The summed E-state index contributed by atoms with van der Waals surface area (Å²) in [4.78, 5) is 4.38. The summed E-state index contributed by atoms with van der Waals surface area (Å²) in [6.45, 7) is 2.00. The molecule has 1 N–H and O–H groups in total. The molecular formula is C15H11BrN2O2. The van der Waals surface area contributed by atoms with E-state index in [2.05, 4.69) is 26.1 Å². The third-order valence-corrected chi connectivity index (χ3v) is 3.85. The average Bonchev–Trinajstić information content (AvgIpc) is 2.92. The number of aromatic nitrogens is 2.